The van der Waals surface area contributed by atoms with Crippen LogP contribution in [0.3, 0.4) is 0 Å². The number of rotatable bonds is 1. The number of benzene rings is 1. The lowest BCUT2D eigenvalue weighted by molar-refractivity contribution is 0.0510. The van der Waals surface area contributed by atoms with Gasteiger partial charge in [0, 0.05) is 17.6 Å². The average molecular weight is 270 g/mol. The van der Waals surface area contributed by atoms with Gasteiger partial charge in [-0.1, -0.05) is 24.0 Å². The van der Waals surface area contributed by atoms with Crippen LogP contribution in [-0.2, 0) is 0 Å². The Bertz CT molecular complexity index is 531. The number of likely N-dealkylation sites (tertiary alicyclic amines) is 1. The molecular weight excluding hydrogens is 248 g/mol. The molecule has 3 heteroatoms. The minimum atomic E-state index is 0.0895. The highest BCUT2D eigenvalue weighted by Gasteiger charge is 2.30. The predicted octanol–water partition coefficient (Wildman–Crippen LogP) is 2.40. The lowest BCUT2D eigenvalue weighted by atomic mass is 9.95. The second-order valence-electron chi connectivity index (χ2n) is 5.39. The molecule has 0 bridgehead atoms. The van der Waals surface area contributed by atoms with Gasteiger partial charge in [-0.2, -0.15) is 0 Å². The molecule has 1 heterocycles. The Morgan fingerprint density at radius 3 is 2.60 bits per heavy atom. The van der Waals surface area contributed by atoms with E-state index in [1.807, 2.05) is 29.2 Å². The molecule has 1 amide bonds. The van der Waals surface area contributed by atoms with Crippen molar-refractivity contribution < 1.29 is 4.79 Å². The summed E-state index contributed by atoms with van der Waals surface area (Å²) < 4.78 is 0. The van der Waals surface area contributed by atoms with Crippen LogP contribution in [0, 0.1) is 11.8 Å². The molecule has 0 spiro atoms. The van der Waals surface area contributed by atoms with Gasteiger partial charge in [-0.05, 0) is 45.2 Å². The number of hydrogen-bond acceptors (Lipinski definition) is 2. The molecule has 0 aliphatic carbocycles. The number of hydrogen-bond donors (Lipinski definition) is 1. The van der Waals surface area contributed by atoms with E-state index in [1.165, 1.54) is 6.42 Å². The molecule has 0 saturated carbocycles. The average Bonchev–Trinajstić information content (AvgIpc) is 2.45. The zero-order chi connectivity index (χ0) is 14.5. The predicted molar refractivity (Wildman–Crippen MR) is 81.3 cm³/mol. The van der Waals surface area contributed by atoms with Crippen LogP contribution < -0.4 is 5.73 Å². The van der Waals surface area contributed by atoms with Crippen molar-refractivity contribution in [3.63, 3.8) is 0 Å². The van der Waals surface area contributed by atoms with Gasteiger partial charge in [0.1, 0.15) is 0 Å². The summed E-state index contributed by atoms with van der Waals surface area (Å²) in [4.78, 5) is 14.8. The first-order valence-electron chi connectivity index (χ1n) is 7.25. The van der Waals surface area contributed by atoms with Gasteiger partial charge < -0.3 is 10.6 Å². The normalized spacial score (nSPS) is 22.1. The third-order valence-electron chi connectivity index (χ3n) is 3.91. The van der Waals surface area contributed by atoms with Gasteiger partial charge in [0.25, 0.3) is 5.91 Å². The highest BCUT2D eigenvalue weighted by molar-refractivity contribution is 5.97. The summed E-state index contributed by atoms with van der Waals surface area (Å²) in [6.45, 7) is 4.56. The lowest BCUT2D eigenvalue weighted by Gasteiger charge is -2.39. The van der Waals surface area contributed by atoms with Crippen molar-refractivity contribution in [2.45, 2.75) is 45.2 Å². The van der Waals surface area contributed by atoms with Gasteiger partial charge in [0.05, 0.1) is 12.1 Å². The third-order valence-corrected chi connectivity index (χ3v) is 3.91. The molecule has 1 saturated heterocycles. The minimum Gasteiger partial charge on any atom is -0.333 e. The standard InChI is InChI=1S/C17H22N2O/c1-13-7-5-8-14(2)19(13)17(20)16-11-4-3-9-15(16)10-6-12-18/h3-4,9,11,13-14H,5,7-8,12,18H2,1-2H3/t13-,14+. The summed E-state index contributed by atoms with van der Waals surface area (Å²) in [5.74, 6) is 5.92. The van der Waals surface area contributed by atoms with Crippen molar-refractivity contribution in [1.29, 1.82) is 0 Å². The van der Waals surface area contributed by atoms with E-state index in [2.05, 4.69) is 25.7 Å². The summed E-state index contributed by atoms with van der Waals surface area (Å²) in [7, 11) is 0. The Morgan fingerprint density at radius 2 is 1.95 bits per heavy atom. The van der Waals surface area contributed by atoms with E-state index in [9.17, 15) is 4.79 Å². The number of piperidine rings is 1. The Kier molecular flexibility index (Phi) is 4.81. The third kappa shape index (κ3) is 3.02. The summed E-state index contributed by atoms with van der Waals surface area (Å²) >= 11 is 0. The summed E-state index contributed by atoms with van der Waals surface area (Å²) in [5.41, 5.74) is 6.88. The maximum atomic E-state index is 12.8. The molecule has 1 fully saturated rings. The van der Waals surface area contributed by atoms with Gasteiger partial charge in [-0.15, -0.1) is 0 Å². The quantitative estimate of drug-likeness (QED) is 0.797. The molecule has 0 unspecified atom stereocenters. The Morgan fingerprint density at radius 1 is 1.30 bits per heavy atom. The molecule has 2 rings (SSSR count). The number of carbonyl (C=O) groups is 1. The van der Waals surface area contributed by atoms with Crippen LogP contribution in [0.2, 0.25) is 0 Å². The van der Waals surface area contributed by atoms with Crippen LogP contribution in [0.1, 0.15) is 49.0 Å². The molecule has 2 atom stereocenters. The summed E-state index contributed by atoms with van der Waals surface area (Å²) in [5, 5.41) is 0. The van der Waals surface area contributed by atoms with Crippen LogP contribution in [-0.4, -0.2) is 29.4 Å². The molecule has 0 aromatic heterocycles. The first-order chi connectivity index (χ1) is 9.65. The molecule has 3 nitrogen and oxygen atoms in total. The van der Waals surface area contributed by atoms with E-state index in [1.54, 1.807) is 0 Å². The van der Waals surface area contributed by atoms with E-state index in [0.717, 1.165) is 18.4 Å². The first-order valence-corrected chi connectivity index (χ1v) is 7.25. The van der Waals surface area contributed by atoms with E-state index >= 15 is 0 Å². The monoisotopic (exact) mass is 270 g/mol. The Balaban J connectivity index is 2.33. The molecule has 2 N–H and O–H groups in total. The fraction of sp³-hybridized carbons (Fsp3) is 0.471. The topological polar surface area (TPSA) is 46.3 Å². The highest BCUT2D eigenvalue weighted by Crippen LogP contribution is 2.25. The second-order valence-corrected chi connectivity index (χ2v) is 5.39. The zero-order valence-corrected chi connectivity index (χ0v) is 12.2. The van der Waals surface area contributed by atoms with Crippen LogP contribution >= 0.6 is 0 Å². The summed E-state index contributed by atoms with van der Waals surface area (Å²) in [6, 6.07) is 8.12. The fourth-order valence-corrected chi connectivity index (χ4v) is 2.89. The lowest BCUT2D eigenvalue weighted by Crippen LogP contribution is -2.47. The van der Waals surface area contributed by atoms with E-state index in [4.69, 9.17) is 5.73 Å². The van der Waals surface area contributed by atoms with Crippen molar-refractivity contribution in [2.24, 2.45) is 5.73 Å². The van der Waals surface area contributed by atoms with Crippen molar-refractivity contribution in [3.8, 4) is 11.8 Å². The smallest absolute Gasteiger partial charge is 0.255 e. The summed E-state index contributed by atoms with van der Waals surface area (Å²) in [6.07, 6.45) is 3.35. The van der Waals surface area contributed by atoms with Crippen molar-refractivity contribution >= 4 is 5.91 Å². The van der Waals surface area contributed by atoms with E-state index < -0.39 is 0 Å². The van der Waals surface area contributed by atoms with Crippen molar-refractivity contribution in [1.82, 2.24) is 4.90 Å². The molecular formula is C17H22N2O. The first kappa shape index (κ1) is 14.6. The molecule has 1 aliphatic heterocycles. The van der Waals surface area contributed by atoms with Gasteiger partial charge >= 0.3 is 0 Å². The second kappa shape index (κ2) is 6.58. The van der Waals surface area contributed by atoms with Gasteiger partial charge in [-0.25, -0.2) is 0 Å². The van der Waals surface area contributed by atoms with Crippen LogP contribution in [0.5, 0.6) is 0 Å². The molecule has 106 valence electrons. The van der Waals surface area contributed by atoms with Gasteiger partial charge in [0.2, 0.25) is 0 Å². The molecule has 20 heavy (non-hydrogen) atoms. The molecule has 1 aromatic rings. The Labute approximate surface area is 121 Å². The number of nitrogens with zero attached hydrogens (tertiary/aromatic N) is 1. The zero-order valence-electron chi connectivity index (χ0n) is 12.2. The van der Waals surface area contributed by atoms with E-state index in [0.29, 0.717) is 24.2 Å². The fourth-order valence-electron chi connectivity index (χ4n) is 2.89. The minimum absolute atomic E-state index is 0.0895. The number of carbonyl (C=O) groups excluding carboxylic acids is 1. The number of nitrogens with two attached hydrogens (primary N) is 1. The van der Waals surface area contributed by atoms with Gasteiger partial charge in [-0.3, -0.25) is 4.79 Å². The molecule has 1 aromatic carbocycles. The maximum Gasteiger partial charge on any atom is 0.255 e. The largest absolute Gasteiger partial charge is 0.333 e. The highest BCUT2D eigenvalue weighted by atomic mass is 16.2. The van der Waals surface area contributed by atoms with Crippen molar-refractivity contribution in [2.75, 3.05) is 6.54 Å². The molecule has 0 radical (unpaired) electrons. The van der Waals surface area contributed by atoms with Crippen LogP contribution in [0.25, 0.3) is 0 Å². The van der Waals surface area contributed by atoms with E-state index in [-0.39, 0.29) is 5.91 Å². The molecule has 1 aliphatic rings. The SMILES string of the molecule is C[C@@H]1CCC[C@H](C)N1C(=O)c1ccccc1C#CCN. The van der Waals surface area contributed by atoms with Crippen molar-refractivity contribution in [3.05, 3.63) is 35.4 Å². The van der Waals surface area contributed by atoms with Crippen LogP contribution in [0.15, 0.2) is 24.3 Å². The maximum absolute atomic E-state index is 12.8. The van der Waals surface area contributed by atoms with Crippen LogP contribution in [0.4, 0.5) is 0 Å². The number of amides is 1. The van der Waals surface area contributed by atoms with Gasteiger partial charge in [0.15, 0.2) is 0 Å². The Hall–Kier alpha value is -1.79.